The van der Waals surface area contributed by atoms with Crippen LogP contribution in [-0.4, -0.2) is 145 Å². The molecule has 0 aromatic rings. The van der Waals surface area contributed by atoms with Gasteiger partial charge in [-0.15, -0.1) is 0 Å². The minimum atomic E-state index is -1.32. The number of nitrogens with zero attached hydrogens (tertiary/aromatic N) is 3. The van der Waals surface area contributed by atoms with E-state index in [0.29, 0.717) is 63.8 Å². The minimum absolute atomic E-state index is 0.0354. The van der Waals surface area contributed by atoms with Gasteiger partial charge in [0.15, 0.2) is 5.78 Å². The zero-order chi connectivity index (χ0) is 34.7. The molecule has 8 rings (SSSR count). The third kappa shape index (κ3) is 6.70. The number of rotatable bonds is 6. The molecule has 8 aliphatic rings. The highest BCUT2D eigenvalue weighted by Crippen LogP contribution is 2.53. The van der Waals surface area contributed by atoms with E-state index in [2.05, 4.69) is 25.3 Å². The first kappa shape index (κ1) is 34.7. The van der Waals surface area contributed by atoms with Crippen LogP contribution in [0, 0.1) is 17.8 Å². The van der Waals surface area contributed by atoms with Crippen molar-refractivity contribution in [2.45, 2.75) is 132 Å². The van der Waals surface area contributed by atoms with Gasteiger partial charge in [-0.3, -0.25) is 19.4 Å². The number of Topliss-reactive ketones (excluding diaryl/α,β-unsaturated/α-hetero) is 1. The minimum Gasteiger partial charge on any atom is -0.444 e. The number of hydrogen-bond acceptors (Lipinski definition) is 10. The van der Waals surface area contributed by atoms with Crippen molar-refractivity contribution in [2.75, 3.05) is 52.5 Å². The number of carbonyl (C=O) groups is 3. The van der Waals surface area contributed by atoms with E-state index in [-0.39, 0.29) is 54.0 Å². The number of likely N-dealkylation sites (tertiary alicyclic amines) is 1. The number of carbonyl (C=O) groups excluding carboxylic acids is 3. The van der Waals surface area contributed by atoms with Crippen LogP contribution in [0.25, 0.3) is 0 Å². The third-order valence-electron chi connectivity index (χ3n) is 12.8. The Morgan fingerprint density at radius 2 is 1.76 bits per heavy atom. The zero-order valence-electron chi connectivity index (χ0n) is 29.9. The first-order valence-corrected chi connectivity index (χ1v) is 19.3. The Bertz CT molecular complexity index is 1340. The number of alkyl halides is 1. The molecule has 0 spiro atoms. The Labute approximate surface area is 295 Å². The van der Waals surface area contributed by atoms with E-state index in [1.165, 1.54) is 19.3 Å². The van der Waals surface area contributed by atoms with Gasteiger partial charge in [0.05, 0.1) is 61.3 Å². The summed E-state index contributed by atoms with van der Waals surface area (Å²) in [5.41, 5.74) is -0.481. The van der Waals surface area contributed by atoms with Crippen LogP contribution in [-0.2, 0) is 28.5 Å². The average Bonchev–Trinajstić information content (AvgIpc) is 3.68. The average molecular weight is 702 g/mol. The Balaban J connectivity index is 1.04. The van der Waals surface area contributed by atoms with Crippen LogP contribution >= 0.6 is 0 Å². The lowest BCUT2D eigenvalue weighted by Crippen LogP contribution is -2.73. The van der Waals surface area contributed by atoms with E-state index in [9.17, 15) is 14.4 Å². The number of amides is 2. The third-order valence-corrected chi connectivity index (χ3v) is 12.8. The van der Waals surface area contributed by atoms with Crippen molar-refractivity contribution < 1.29 is 37.7 Å². The summed E-state index contributed by atoms with van der Waals surface area (Å²) in [5.74, 6) is -0.411. The van der Waals surface area contributed by atoms with Crippen LogP contribution in [0.4, 0.5) is 9.18 Å². The molecule has 13 heteroatoms. The predicted molar refractivity (Wildman–Crippen MR) is 181 cm³/mol. The molecule has 12 nitrogen and oxygen atoms in total. The second kappa shape index (κ2) is 13.9. The fourth-order valence-corrected chi connectivity index (χ4v) is 10.7. The largest absolute Gasteiger partial charge is 0.444 e. The van der Waals surface area contributed by atoms with Crippen LogP contribution in [0.5, 0.6) is 0 Å². The molecule has 12 atom stereocenters. The van der Waals surface area contributed by atoms with Crippen LogP contribution in [0.2, 0.25) is 0 Å². The molecule has 2 N–H and O–H groups in total. The fraction of sp³-hybridized carbons (Fsp3) is 0.865. The molecule has 7 fully saturated rings. The lowest BCUT2D eigenvalue weighted by atomic mass is 9.67. The molecular formula is C37H56FN5O7. The Morgan fingerprint density at radius 3 is 2.56 bits per heavy atom. The van der Waals surface area contributed by atoms with E-state index >= 15 is 4.39 Å². The van der Waals surface area contributed by atoms with Crippen LogP contribution in [0.3, 0.4) is 0 Å². The molecule has 0 aromatic heterocycles. The number of halogens is 1. The van der Waals surface area contributed by atoms with E-state index in [1.807, 2.05) is 20.8 Å². The van der Waals surface area contributed by atoms with Gasteiger partial charge in [-0.05, 0) is 71.1 Å². The summed E-state index contributed by atoms with van der Waals surface area (Å²) in [7, 11) is 0. The van der Waals surface area contributed by atoms with Gasteiger partial charge in [-0.1, -0.05) is 12.8 Å². The van der Waals surface area contributed by atoms with Gasteiger partial charge in [0, 0.05) is 57.4 Å². The highest BCUT2D eigenvalue weighted by atomic mass is 19.1. The van der Waals surface area contributed by atoms with Crippen molar-refractivity contribution in [3.8, 4) is 0 Å². The van der Waals surface area contributed by atoms with Crippen LogP contribution in [0.1, 0.15) is 72.1 Å². The molecule has 5 aliphatic heterocycles. The highest BCUT2D eigenvalue weighted by molar-refractivity contribution is 6.20. The molecule has 4 saturated heterocycles. The highest BCUT2D eigenvalue weighted by Gasteiger charge is 2.62. The fourth-order valence-electron chi connectivity index (χ4n) is 10.7. The van der Waals surface area contributed by atoms with Crippen molar-refractivity contribution in [2.24, 2.45) is 17.8 Å². The molecule has 0 radical (unpaired) electrons. The molecule has 3 aliphatic carbocycles. The van der Waals surface area contributed by atoms with Crippen molar-refractivity contribution in [1.29, 1.82) is 0 Å². The number of ketones is 1. The summed E-state index contributed by atoms with van der Waals surface area (Å²) < 4.78 is 41.4. The van der Waals surface area contributed by atoms with E-state index in [0.717, 1.165) is 32.4 Å². The number of fused-ring (bicyclic) bond motifs is 5. The summed E-state index contributed by atoms with van der Waals surface area (Å²) >= 11 is 0. The second-order valence-electron chi connectivity index (χ2n) is 17.0. The number of alkyl carbamates (subject to hydrolysis) is 1. The van der Waals surface area contributed by atoms with Gasteiger partial charge in [-0.25, -0.2) is 9.18 Å². The SMILES string of the molecule is CC(C)(C)OC(=O)NC1CCN(C2C(F)CC3C(=O)C(C(=O)NCCN4CCOCC4)=CN4C5CC6OC7CCCCC7C6CC5OC2C34)C1. The Morgan fingerprint density at radius 1 is 0.960 bits per heavy atom. The zero-order valence-corrected chi connectivity index (χ0v) is 29.9. The van der Waals surface area contributed by atoms with Crippen molar-refractivity contribution in [3.05, 3.63) is 11.8 Å². The van der Waals surface area contributed by atoms with Gasteiger partial charge in [-0.2, -0.15) is 0 Å². The summed E-state index contributed by atoms with van der Waals surface area (Å²) in [6.45, 7) is 10.7. The Hall–Kier alpha value is -2.32. The topological polar surface area (TPSA) is 122 Å². The first-order chi connectivity index (χ1) is 24.0. The molecule has 3 saturated carbocycles. The van der Waals surface area contributed by atoms with Gasteiger partial charge in [0.25, 0.3) is 5.91 Å². The molecular weight excluding hydrogens is 645 g/mol. The van der Waals surface area contributed by atoms with E-state index in [1.54, 1.807) is 6.20 Å². The number of nitrogens with one attached hydrogen (secondary N) is 2. The standard InChI is InChI=1S/C37H56FN5O7/c1-37(2,3)50-36(46)40-21-8-10-42(19-21)32-26(38)16-24-31-34(32)49-30-17-23-22-6-4-5-7-28(22)48-29(23)18-27(30)43(31)20-25(33(24)44)35(45)39-9-11-41-12-14-47-15-13-41/h20-24,26-32,34H,4-19H2,1-3H3,(H,39,45)(H,40,46). The monoisotopic (exact) mass is 701 g/mol. The first-order valence-electron chi connectivity index (χ1n) is 19.3. The lowest BCUT2D eigenvalue weighted by Gasteiger charge is -2.61. The summed E-state index contributed by atoms with van der Waals surface area (Å²) in [5, 5.41) is 5.98. The number of hydrogen-bond donors (Lipinski definition) is 2. The molecule has 12 unspecified atom stereocenters. The predicted octanol–water partition coefficient (Wildman–Crippen LogP) is 2.40. The summed E-state index contributed by atoms with van der Waals surface area (Å²) in [4.78, 5) is 47.1. The molecule has 0 aromatic carbocycles. The van der Waals surface area contributed by atoms with Crippen molar-refractivity contribution in [1.82, 2.24) is 25.3 Å². The lowest BCUT2D eigenvalue weighted by molar-refractivity contribution is -0.220. The van der Waals surface area contributed by atoms with Gasteiger partial charge >= 0.3 is 6.09 Å². The summed E-state index contributed by atoms with van der Waals surface area (Å²) in [6.07, 6.45) is 6.80. The Kier molecular flexibility index (Phi) is 9.67. The second-order valence-corrected chi connectivity index (χ2v) is 17.0. The maximum absolute atomic E-state index is 16.7. The summed E-state index contributed by atoms with van der Waals surface area (Å²) in [6, 6.07) is -1.16. The van der Waals surface area contributed by atoms with Crippen LogP contribution in [0.15, 0.2) is 11.8 Å². The van der Waals surface area contributed by atoms with Gasteiger partial charge in [0.1, 0.15) is 11.8 Å². The number of morpholine rings is 2. The van der Waals surface area contributed by atoms with Crippen molar-refractivity contribution >= 4 is 17.8 Å². The van der Waals surface area contributed by atoms with E-state index in [4.69, 9.17) is 18.9 Å². The van der Waals surface area contributed by atoms with Gasteiger partial charge < -0.3 is 34.5 Å². The molecule has 0 bridgehead atoms. The molecule has 278 valence electrons. The maximum atomic E-state index is 16.7. The van der Waals surface area contributed by atoms with Gasteiger partial charge in [0.2, 0.25) is 0 Å². The molecule has 50 heavy (non-hydrogen) atoms. The smallest absolute Gasteiger partial charge is 0.407 e. The number of ether oxygens (including phenoxy) is 4. The molecule has 2 amide bonds. The normalized spacial score (nSPS) is 41.7. The maximum Gasteiger partial charge on any atom is 0.407 e. The van der Waals surface area contributed by atoms with Crippen molar-refractivity contribution in [3.63, 3.8) is 0 Å². The van der Waals surface area contributed by atoms with Crippen LogP contribution < -0.4 is 10.6 Å². The molecule has 5 heterocycles. The quantitative estimate of drug-likeness (QED) is 0.400. The van der Waals surface area contributed by atoms with E-state index < -0.39 is 35.9 Å².